The number of amides is 1. The summed E-state index contributed by atoms with van der Waals surface area (Å²) in [7, 11) is 0. The van der Waals surface area contributed by atoms with Crippen molar-refractivity contribution in [1.82, 2.24) is 5.32 Å². The molecule has 4 heteroatoms. The molecule has 4 nitrogen and oxygen atoms in total. The van der Waals surface area contributed by atoms with Crippen LogP contribution in [0.3, 0.4) is 0 Å². The average molecular weight is 327 g/mol. The van der Waals surface area contributed by atoms with E-state index in [1.54, 1.807) is 6.92 Å². The lowest BCUT2D eigenvalue weighted by Gasteiger charge is -2.16. The highest BCUT2D eigenvalue weighted by molar-refractivity contribution is 5.80. The minimum Gasteiger partial charge on any atom is -0.492 e. The van der Waals surface area contributed by atoms with Crippen LogP contribution in [0.25, 0.3) is 0 Å². The molecule has 128 valence electrons. The smallest absolute Gasteiger partial charge is 0.260 e. The lowest BCUT2D eigenvalue weighted by molar-refractivity contribution is -0.127. The van der Waals surface area contributed by atoms with E-state index in [-0.39, 0.29) is 5.91 Å². The van der Waals surface area contributed by atoms with Crippen molar-refractivity contribution >= 4 is 5.91 Å². The van der Waals surface area contributed by atoms with E-state index in [4.69, 9.17) is 9.47 Å². The first-order valence-corrected chi connectivity index (χ1v) is 8.16. The Bertz CT molecular complexity index is 677. The average Bonchev–Trinajstić information content (AvgIpc) is 2.50. The fraction of sp³-hybridized carbons (Fsp3) is 0.350. The quantitative estimate of drug-likeness (QED) is 0.791. The van der Waals surface area contributed by atoms with Crippen LogP contribution in [0, 0.1) is 20.8 Å². The van der Waals surface area contributed by atoms with Crippen LogP contribution in [0.15, 0.2) is 42.5 Å². The summed E-state index contributed by atoms with van der Waals surface area (Å²) in [6.07, 6.45) is -0.551. The molecule has 0 radical (unpaired) electrons. The van der Waals surface area contributed by atoms with Crippen LogP contribution in [0.2, 0.25) is 0 Å². The largest absolute Gasteiger partial charge is 0.492 e. The van der Waals surface area contributed by atoms with Crippen LogP contribution in [0.5, 0.6) is 11.5 Å². The first-order valence-electron chi connectivity index (χ1n) is 8.16. The SMILES string of the molecule is Cc1cccc(OCCNC(=O)C(C)Oc2cc(C)cc(C)c2)c1. The summed E-state index contributed by atoms with van der Waals surface area (Å²) in [5.74, 6) is 1.37. The van der Waals surface area contributed by atoms with E-state index in [0.29, 0.717) is 18.9 Å². The van der Waals surface area contributed by atoms with E-state index in [1.165, 1.54) is 0 Å². The van der Waals surface area contributed by atoms with E-state index < -0.39 is 6.10 Å². The van der Waals surface area contributed by atoms with Gasteiger partial charge in [-0.2, -0.15) is 0 Å². The minimum atomic E-state index is -0.551. The summed E-state index contributed by atoms with van der Waals surface area (Å²) in [4.78, 5) is 12.1. The molecule has 0 saturated heterocycles. The Morgan fingerprint density at radius 1 is 1.00 bits per heavy atom. The first kappa shape index (κ1) is 17.9. The minimum absolute atomic E-state index is 0.151. The third-order valence-electron chi connectivity index (χ3n) is 3.54. The highest BCUT2D eigenvalue weighted by atomic mass is 16.5. The van der Waals surface area contributed by atoms with E-state index >= 15 is 0 Å². The summed E-state index contributed by atoms with van der Waals surface area (Å²) in [6.45, 7) is 8.63. The highest BCUT2D eigenvalue weighted by Crippen LogP contribution is 2.17. The Labute approximate surface area is 143 Å². The van der Waals surface area contributed by atoms with Crippen molar-refractivity contribution in [3.05, 3.63) is 59.2 Å². The summed E-state index contributed by atoms with van der Waals surface area (Å²) in [5.41, 5.74) is 3.38. The van der Waals surface area contributed by atoms with Gasteiger partial charge in [-0.05, 0) is 68.7 Å². The van der Waals surface area contributed by atoms with Crippen molar-refractivity contribution in [3.63, 3.8) is 0 Å². The van der Waals surface area contributed by atoms with Crippen molar-refractivity contribution in [1.29, 1.82) is 0 Å². The molecule has 0 aliphatic carbocycles. The van der Waals surface area contributed by atoms with Gasteiger partial charge in [0, 0.05) is 0 Å². The van der Waals surface area contributed by atoms with Gasteiger partial charge in [-0.15, -0.1) is 0 Å². The standard InChI is InChI=1S/C20H25NO3/c1-14-6-5-7-18(11-14)23-9-8-21-20(22)17(4)24-19-12-15(2)10-16(3)13-19/h5-7,10-13,17H,8-9H2,1-4H3,(H,21,22). The molecule has 0 fully saturated rings. The van der Waals surface area contributed by atoms with Crippen LogP contribution in [0.1, 0.15) is 23.6 Å². The molecule has 2 aromatic carbocycles. The molecular weight excluding hydrogens is 302 g/mol. The molecule has 0 heterocycles. The second-order valence-electron chi connectivity index (χ2n) is 6.04. The second-order valence-corrected chi connectivity index (χ2v) is 6.04. The van der Waals surface area contributed by atoms with Crippen LogP contribution >= 0.6 is 0 Å². The predicted octanol–water partition coefficient (Wildman–Crippen LogP) is 3.57. The predicted molar refractivity (Wildman–Crippen MR) is 95.7 cm³/mol. The third-order valence-corrected chi connectivity index (χ3v) is 3.54. The van der Waals surface area contributed by atoms with Gasteiger partial charge in [0.1, 0.15) is 18.1 Å². The van der Waals surface area contributed by atoms with Gasteiger partial charge in [0.25, 0.3) is 5.91 Å². The van der Waals surface area contributed by atoms with Crippen molar-refractivity contribution in [3.8, 4) is 11.5 Å². The zero-order valence-corrected chi connectivity index (χ0v) is 14.8. The van der Waals surface area contributed by atoms with Crippen LogP contribution in [-0.4, -0.2) is 25.2 Å². The molecule has 1 amide bonds. The fourth-order valence-corrected chi connectivity index (χ4v) is 2.45. The maximum Gasteiger partial charge on any atom is 0.260 e. The number of hydrogen-bond donors (Lipinski definition) is 1. The molecule has 1 atom stereocenters. The molecule has 0 saturated carbocycles. The van der Waals surface area contributed by atoms with E-state index in [0.717, 1.165) is 22.4 Å². The van der Waals surface area contributed by atoms with E-state index in [2.05, 4.69) is 11.4 Å². The third kappa shape index (κ3) is 5.61. The molecule has 2 rings (SSSR count). The number of benzene rings is 2. The second kappa shape index (κ2) is 8.39. The fourth-order valence-electron chi connectivity index (χ4n) is 2.45. The zero-order chi connectivity index (χ0) is 17.5. The van der Waals surface area contributed by atoms with Gasteiger partial charge in [-0.25, -0.2) is 0 Å². The van der Waals surface area contributed by atoms with Gasteiger partial charge >= 0.3 is 0 Å². The Morgan fingerprint density at radius 2 is 1.67 bits per heavy atom. The summed E-state index contributed by atoms with van der Waals surface area (Å²) in [6, 6.07) is 13.8. The van der Waals surface area contributed by atoms with Gasteiger partial charge in [0.15, 0.2) is 6.10 Å². The van der Waals surface area contributed by atoms with Gasteiger partial charge in [0.05, 0.1) is 6.54 Å². The molecule has 2 aromatic rings. The molecule has 0 aliphatic heterocycles. The Balaban J connectivity index is 1.75. The number of nitrogens with one attached hydrogen (secondary N) is 1. The van der Waals surface area contributed by atoms with Crippen LogP contribution in [-0.2, 0) is 4.79 Å². The van der Waals surface area contributed by atoms with Gasteiger partial charge in [0.2, 0.25) is 0 Å². The summed E-state index contributed by atoms with van der Waals surface area (Å²) in [5, 5.41) is 2.83. The summed E-state index contributed by atoms with van der Waals surface area (Å²) < 4.78 is 11.3. The normalized spacial score (nSPS) is 11.7. The number of ether oxygens (including phenoxy) is 2. The van der Waals surface area contributed by atoms with Gasteiger partial charge in [-0.3, -0.25) is 4.79 Å². The zero-order valence-electron chi connectivity index (χ0n) is 14.8. The van der Waals surface area contributed by atoms with Crippen molar-refractivity contribution in [2.75, 3.05) is 13.2 Å². The first-order chi connectivity index (χ1) is 11.4. The number of carbonyl (C=O) groups is 1. The molecular formula is C20H25NO3. The highest BCUT2D eigenvalue weighted by Gasteiger charge is 2.14. The van der Waals surface area contributed by atoms with Crippen molar-refractivity contribution in [2.45, 2.75) is 33.8 Å². The Hall–Kier alpha value is -2.49. The Morgan fingerprint density at radius 3 is 2.33 bits per heavy atom. The molecule has 0 aliphatic rings. The lowest BCUT2D eigenvalue weighted by atomic mass is 10.1. The topological polar surface area (TPSA) is 47.6 Å². The molecule has 0 spiro atoms. The Kier molecular flexibility index (Phi) is 6.24. The molecule has 24 heavy (non-hydrogen) atoms. The maximum absolute atomic E-state index is 12.1. The molecule has 0 aromatic heterocycles. The molecule has 1 N–H and O–H groups in total. The van der Waals surface area contributed by atoms with Crippen LogP contribution in [0.4, 0.5) is 0 Å². The lowest BCUT2D eigenvalue weighted by Crippen LogP contribution is -2.38. The number of aryl methyl sites for hydroxylation is 3. The van der Waals surface area contributed by atoms with Crippen molar-refractivity contribution in [2.24, 2.45) is 0 Å². The van der Waals surface area contributed by atoms with Gasteiger partial charge < -0.3 is 14.8 Å². The van der Waals surface area contributed by atoms with Gasteiger partial charge in [-0.1, -0.05) is 18.2 Å². The molecule has 0 bridgehead atoms. The maximum atomic E-state index is 12.1. The number of hydrogen-bond acceptors (Lipinski definition) is 3. The number of carbonyl (C=O) groups excluding carboxylic acids is 1. The van der Waals surface area contributed by atoms with E-state index in [1.807, 2.05) is 57.2 Å². The number of rotatable bonds is 7. The van der Waals surface area contributed by atoms with Crippen molar-refractivity contribution < 1.29 is 14.3 Å². The van der Waals surface area contributed by atoms with E-state index in [9.17, 15) is 4.79 Å². The van der Waals surface area contributed by atoms with Crippen LogP contribution < -0.4 is 14.8 Å². The molecule has 1 unspecified atom stereocenters. The monoisotopic (exact) mass is 327 g/mol. The summed E-state index contributed by atoms with van der Waals surface area (Å²) >= 11 is 0.